The highest BCUT2D eigenvalue weighted by Crippen LogP contribution is 2.18. The number of nitrogens with zero attached hydrogens (tertiary/aromatic N) is 1. The van der Waals surface area contributed by atoms with E-state index >= 15 is 0 Å². The summed E-state index contributed by atoms with van der Waals surface area (Å²) in [6.07, 6.45) is 1.85. The van der Waals surface area contributed by atoms with E-state index in [2.05, 4.69) is 4.98 Å². The molecule has 0 spiro atoms. The molecule has 1 heterocycles. The highest BCUT2D eigenvalue weighted by atomic mass is 35.5. The molecule has 0 aliphatic heterocycles. The maximum atomic E-state index is 10.5. The molecule has 1 aromatic heterocycles. The summed E-state index contributed by atoms with van der Waals surface area (Å²) in [5.74, 6) is -1.06. The molecule has 12 heavy (non-hydrogen) atoms. The maximum Gasteiger partial charge on any atom is 0.338 e. The number of hydrogen-bond donors (Lipinski definition) is 1. The Balaban J connectivity index is 3.12. The van der Waals surface area contributed by atoms with Gasteiger partial charge in [0.2, 0.25) is 0 Å². The summed E-state index contributed by atoms with van der Waals surface area (Å²) in [5.41, 5.74) is 0.0365. The van der Waals surface area contributed by atoms with Gasteiger partial charge in [0.15, 0.2) is 0 Å². The van der Waals surface area contributed by atoms with E-state index in [-0.39, 0.29) is 10.7 Å². The molecule has 1 aromatic rings. The van der Waals surface area contributed by atoms with Crippen LogP contribution in [0.2, 0.25) is 5.15 Å². The molecule has 0 atom stereocenters. The Hall–Kier alpha value is -0.740. The normalized spacial score (nSPS) is 9.83. The SMILES string of the molecule is CSc1ccc(C(=O)O)c(Cl)n1. The lowest BCUT2D eigenvalue weighted by Gasteiger charge is -1.99. The number of thioether (sulfide) groups is 1. The second kappa shape index (κ2) is 3.78. The molecule has 5 heteroatoms. The van der Waals surface area contributed by atoms with Crippen LogP contribution in [0, 0.1) is 0 Å². The third kappa shape index (κ3) is 1.89. The minimum atomic E-state index is -1.06. The Kier molecular flexibility index (Phi) is 2.94. The Morgan fingerprint density at radius 3 is 2.75 bits per heavy atom. The van der Waals surface area contributed by atoms with Crippen molar-refractivity contribution < 1.29 is 9.90 Å². The smallest absolute Gasteiger partial charge is 0.338 e. The van der Waals surface area contributed by atoms with Gasteiger partial charge in [0.05, 0.1) is 10.6 Å². The van der Waals surface area contributed by atoms with E-state index in [1.165, 1.54) is 17.8 Å². The van der Waals surface area contributed by atoms with E-state index in [4.69, 9.17) is 16.7 Å². The van der Waals surface area contributed by atoms with Gasteiger partial charge in [-0.05, 0) is 18.4 Å². The molecule has 0 bridgehead atoms. The van der Waals surface area contributed by atoms with Crippen molar-refractivity contribution in [3.8, 4) is 0 Å². The van der Waals surface area contributed by atoms with Crippen LogP contribution < -0.4 is 0 Å². The summed E-state index contributed by atoms with van der Waals surface area (Å²) in [6, 6.07) is 3.07. The summed E-state index contributed by atoms with van der Waals surface area (Å²) in [7, 11) is 0. The van der Waals surface area contributed by atoms with Gasteiger partial charge < -0.3 is 5.11 Å². The van der Waals surface area contributed by atoms with Crippen LogP contribution in [-0.2, 0) is 0 Å². The molecule has 64 valence electrons. The van der Waals surface area contributed by atoms with Crippen LogP contribution in [0.1, 0.15) is 10.4 Å². The number of carbonyl (C=O) groups is 1. The van der Waals surface area contributed by atoms with E-state index < -0.39 is 5.97 Å². The van der Waals surface area contributed by atoms with Gasteiger partial charge in [0.25, 0.3) is 0 Å². The van der Waals surface area contributed by atoms with E-state index in [1.54, 1.807) is 6.07 Å². The predicted molar refractivity (Wildman–Crippen MR) is 48.0 cm³/mol. The van der Waals surface area contributed by atoms with Crippen molar-refractivity contribution in [3.05, 3.63) is 22.8 Å². The summed E-state index contributed by atoms with van der Waals surface area (Å²) >= 11 is 7.01. The average molecular weight is 204 g/mol. The van der Waals surface area contributed by atoms with Gasteiger partial charge in [0.1, 0.15) is 5.15 Å². The fourth-order valence-electron chi connectivity index (χ4n) is 0.691. The first kappa shape index (κ1) is 9.35. The first-order valence-corrected chi connectivity index (χ1v) is 4.69. The fourth-order valence-corrected chi connectivity index (χ4v) is 1.36. The van der Waals surface area contributed by atoms with Gasteiger partial charge >= 0.3 is 5.97 Å². The third-order valence-corrected chi connectivity index (χ3v) is 2.20. The predicted octanol–water partition coefficient (Wildman–Crippen LogP) is 2.16. The summed E-state index contributed by atoms with van der Waals surface area (Å²) in [4.78, 5) is 14.4. The van der Waals surface area contributed by atoms with Crippen LogP contribution in [0.5, 0.6) is 0 Å². The summed E-state index contributed by atoms with van der Waals surface area (Å²) in [5, 5.41) is 9.35. The quantitative estimate of drug-likeness (QED) is 0.591. The topological polar surface area (TPSA) is 50.2 Å². The van der Waals surface area contributed by atoms with Crippen molar-refractivity contribution in [1.82, 2.24) is 4.98 Å². The molecule has 0 saturated carbocycles. The molecule has 0 aliphatic rings. The van der Waals surface area contributed by atoms with Gasteiger partial charge in [-0.15, -0.1) is 11.8 Å². The molecule has 0 amide bonds. The largest absolute Gasteiger partial charge is 0.478 e. The fraction of sp³-hybridized carbons (Fsp3) is 0.143. The lowest BCUT2D eigenvalue weighted by atomic mass is 10.3. The van der Waals surface area contributed by atoms with E-state index in [1.807, 2.05) is 6.26 Å². The molecule has 0 aliphatic carbocycles. The summed E-state index contributed by atoms with van der Waals surface area (Å²) < 4.78 is 0. The standard InChI is InChI=1S/C7H6ClNO2S/c1-12-5-3-2-4(7(10)11)6(8)9-5/h2-3H,1H3,(H,10,11). The molecular weight excluding hydrogens is 198 g/mol. The van der Waals surface area contributed by atoms with Crippen molar-refractivity contribution in [2.45, 2.75) is 5.03 Å². The number of carboxylic acids is 1. The number of pyridine rings is 1. The van der Waals surface area contributed by atoms with Crippen molar-refractivity contribution in [1.29, 1.82) is 0 Å². The minimum Gasteiger partial charge on any atom is -0.478 e. The zero-order valence-corrected chi connectivity index (χ0v) is 7.82. The van der Waals surface area contributed by atoms with E-state index in [0.29, 0.717) is 5.03 Å². The van der Waals surface area contributed by atoms with Crippen LogP contribution in [0.15, 0.2) is 17.2 Å². The molecule has 1 N–H and O–H groups in total. The molecule has 3 nitrogen and oxygen atoms in total. The first-order valence-electron chi connectivity index (χ1n) is 3.09. The average Bonchev–Trinajstić information content (AvgIpc) is 2.03. The zero-order valence-electron chi connectivity index (χ0n) is 6.24. The lowest BCUT2D eigenvalue weighted by Crippen LogP contribution is -1.98. The van der Waals surface area contributed by atoms with Crippen LogP contribution in [0.4, 0.5) is 0 Å². The highest BCUT2D eigenvalue weighted by Gasteiger charge is 2.09. The molecule has 0 unspecified atom stereocenters. The van der Waals surface area contributed by atoms with Crippen LogP contribution in [-0.4, -0.2) is 22.3 Å². The number of carboxylic acid groups (broad SMARTS) is 1. The van der Waals surface area contributed by atoms with Crippen molar-refractivity contribution in [3.63, 3.8) is 0 Å². The zero-order chi connectivity index (χ0) is 9.14. The Labute approximate surface area is 78.8 Å². The van der Waals surface area contributed by atoms with Gasteiger partial charge in [-0.25, -0.2) is 9.78 Å². The number of hydrogen-bond acceptors (Lipinski definition) is 3. The summed E-state index contributed by atoms with van der Waals surface area (Å²) in [6.45, 7) is 0. The lowest BCUT2D eigenvalue weighted by molar-refractivity contribution is 0.0696. The molecule has 0 fully saturated rings. The van der Waals surface area contributed by atoms with E-state index in [9.17, 15) is 4.79 Å². The number of halogens is 1. The van der Waals surface area contributed by atoms with Crippen LogP contribution in [0.3, 0.4) is 0 Å². The van der Waals surface area contributed by atoms with Gasteiger partial charge in [0, 0.05) is 0 Å². The van der Waals surface area contributed by atoms with Crippen molar-refractivity contribution in [2.24, 2.45) is 0 Å². The molecule has 0 radical (unpaired) electrons. The maximum absolute atomic E-state index is 10.5. The van der Waals surface area contributed by atoms with Crippen molar-refractivity contribution >= 4 is 29.3 Å². The Morgan fingerprint density at radius 1 is 1.67 bits per heavy atom. The van der Waals surface area contributed by atoms with Gasteiger partial charge in [-0.2, -0.15) is 0 Å². The monoisotopic (exact) mass is 203 g/mol. The minimum absolute atomic E-state index is 0.0364. The Bertz CT molecular complexity index is 316. The molecule has 0 saturated heterocycles. The number of aromatic carboxylic acids is 1. The van der Waals surface area contributed by atoms with Gasteiger partial charge in [-0.3, -0.25) is 0 Å². The number of aromatic nitrogens is 1. The second-order valence-electron chi connectivity index (χ2n) is 2.00. The molecule has 1 rings (SSSR count). The Morgan fingerprint density at radius 2 is 2.33 bits per heavy atom. The third-order valence-electron chi connectivity index (χ3n) is 1.26. The van der Waals surface area contributed by atoms with Crippen molar-refractivity contribution in [2.75, 3.05) is 6.26 Å². The highest BCUT2D eigenvalue weighted by molar-refractivity contribution is 7.98. The molecular formula is C7H6ClNO2S. The van der Waals surface area contributed by atoms with Crippen LogP contribution >= 0.6 is 23.4 Å². The van der Waals surface area contributed by atoms with Gasteiger partial charge in [-0.1, -0.05) is 11.6 Å². The van der Waals surface area contributed by atoms with E-state index in [0.717, 1.165) is 0 Å². The number of rotatable bonds is 2. The second-order valence-corrected chi connectivity index (χ2v) is 3.18. The van der Waals surface area contributed by atoms with Crippen LogP contribution in [0.25, 0.3) is 0 Å². The molecule has 0 aromatic carbocycles. The first-order chi connectivity index (χ1) is 5.65.